The highest BCUT2D eigenvalue weighted by atomic mass is 19.3. The molecular formula is C18H17F2NO3. The number of halogens is 2. The van der Waals surface area contributed by atoms with Gasteiger partial charge in [-0.1, -0.05) is 60.7 Å². The Labute approximate surface area is 138 Å². The van der Waals surface area contributed by atoms with Gasteiger partial charge in [0.1, 0.15) is 6.04 Å². The van der Waals surface area contributed by atoms with Crippen LogP contribution in [0.25, 0.3) is 0 Å². The number of benzene rings is 2. The van der Waals surface area contributed by atoms with Gasteiger partial charge < -0.3 is 10.1 Å². The summed E-state index contributed by atoms with van der Waals surface area (Å²) in [6.45, 7) is 0. The summed E-state index contributed by atoms with van der Waals surface area (Å²) in [6.07, 6.45) is 0.0596. The molecule has 0 aliphatic rings. The highest BCUT2D eigenvalue weighted by molar-refractivity contribution is 5.89. The molecule has 0 bridgehead atoms. The Morgan fingerprint density at radius 2 is 1.58 bits per heavy atom. The van der Waals surface area contributed by atoms with Crippen LogP contribution in [0.2, 0.25) is 0 Å². The topological polar surface area (TPSA) is 55.4 Å². The van der Waals surface area contributed by atoms with Crippen LogP contribution in [0.1, 0.15) is 11.1 Å². The molecule has 0 heterocycles. The number of hydrogen-bond donors (Lipinski definition) is 1. The smallest absolute Gasteiger partial charge is 0.349 e. The van der Waals surface area contributed by atoms with E-state index < -0.39 is 29.4 Å². The second-order valence-electron chi connectivity index (χ2n) is 5.18. The number of hydrogen-bond acceptors (Lipinski definition) is 3. The predicted octanol–water partition coefficient (Wildman–Crippen LogP) is 2.68. The first-order chi connectivity index (χ1) is 11.4. The summed E-state index contributed by atoms with van der Waals surface area (Å²) in [7, 11) is 1.14. The van der Waals surface area contributed by atoms with Gasteiger partial charge in [0.05, 0.1) is 7.11 Å². The van der Waals surface area contributed by atoms with Gasteiger partial charge in [-0.25, -0.2) is 4.79 Å². The van der Waals surface area contributed by atoms with Gasteiger partial charge in [-0.3, -0.25) is 4.79 Å². The number of alkyl halides is 2. The first-order valence-electron chi connectivity index (χ1n) is 7.31. The fraction of sp³-hybridized carbons (Fsp3) is 0.222. The molecule has 2 aromatic rings. The number of carbonyl (C=O) groups is 2. The maximum absolute atomic E-state index is 14.3. The molecule has 0 spiro atoms. The summed E-state index contributed by atoms with van der Waals surface area (Å²) in [5, 5.41) is 2.09. The number of amides is 1. The zero-order valence-corrected chi connectivity index (χ0v) is 13.0. The number of rotatable bonds is 6. The van der Waals surface area contributed by atoms with Crippen molar-refractivity contribution >= 4 is 11.9 Å². The number of carbonyl (C=O) groups excluding carboxylic acids is 2. The quantitative estimate of drug-likeness (QED) is 0.827. The van der Waals surface area contributed by atoms with E-state index in [4.69, 9.17) is 0 Å². The van der Waals surface area contributed by atoms with E-state index in [1.807, 2.05) is 0 Å². The Balaban J connectivity index is 2.16. The fourth-order valence-corrected chi connectivity index (χ4v) is 2.21. The summed E-state index contributed by atoms with van der Waals surface area (Å²) < 4.78 is 33.1. The lowest BCUT2D eigenvalue weighted by Gasteiger charge is -2.21. The van der Waals surface area contributed by atoms with Crippen LogP contribution in [0.3, 0.4) is 0 Å². The second kappa shape index (κ2) is 7.68. The van der Waals surface area contributed by atoms with Crippen molar-refractivity contribution in [3.63, 3.8) is 0 Å². The minimum absolute atomic E-state index is 0.0596. The molecule has 0 aliphatic carbocycles. The van der Waals surface area contributed by atoms with E-state index in [-0.39, 0.29) is 6.42 Å². The third-order valence-corrected chi connectivity index (χ3v) is 3.50. The summed E-state index contributed by atoms with van der Waals surface area (Å²) in [5.41, 5.74) is 0.280. The highest BCUT2D eigenvalue weighted by Crippen LogP contribution is 2.28. The number of nitrogens with one attached hydrogen (secondary N) is 1. The van der Waals surface area contributed by atoms with Crippen molar-refractivity contribution in [1.82, 2.24) is 5.32 Å². The Hall–Kier alpha value is -2.76. The minimum Gasteiger partial charge on any atom is -0.467 e. The largest absolute Gasteiger partial charge is 0.467 e. The Morgan fingerprint density at radius 1 is 1.04 bits per heavy atom. The Morgan fingerprint density at radius 3 is 2.12 bits per heavy atom. The van der Waals surface area contributed by atoms with Crippen molar-refractivity contribution in [1.29, 1.82) is 0 Å². The molecule has 0 saturated carbocycles. The van der Waals surface area contributed by atoms with Crippen LogP contribution < -0.4 is 5.32 Å². The lowest BCUT2D eigenvalue weighted by atomic mass is 10.0. The molecule has 2 aromatic carbocycles. The lowest BCUT2D eigenvalue weighted by molar-refractivity contribution is -0.153. The van der Waals surface area contributed by atoms with Crippen molar-refractivity contribution in [2.45, 2.75) is 18.4 Å². The summed E-state index contributed by atoms with van der Waals surface area (Å²) in [6, 6.07) is 14.3. The SMILES string of the molecule is COC(=O)[C@H](Cc1ccccc1)NC(=O)C(F)(F)c1ccccc1. The van der Waals surface area contributed by atoms with Crippen LogP contribution in [0.15, 0.2) is 60.7 Å². The Kier molecular flexibility index (Phi) is 5.63. The first-order valence-corrected chi connectivity index (χ1v) is 7.31. The molecule has 0 aliphatic heterocycles. The van der Waals surface area contributed by atoms with Gasteiger partial charge in [0.15, 0.2) is 0 Å². The first kappa shape index (κ1) is 17.6. The van der Waals surface area contributed by atoms with E-state index in [1.54, 1.807) is 36.4 Å². The molecule has 0 fully saturated rings. The molecular weight excluding hydrogens is 316 g/mol. The molecule has 0 saturated heterocycles. The van der Waals surface area contributed by atoms with Crippen molar-refractivity contribution in [3.05, 3.63) is 71.8 Å². The van der Waals surface area contributed by atoms with Crippen LogP contribution >= 0.6 is 0 Å². The predicted molar refractivity (Wildman–Crippen MR) is 84.4 cm³/mol. The van der Waals surface area contributed by atoms with Crippen molar-refractivity contribution in [2.24, 2.45) is 0 Å². The van der Waals surface area contributed by atoms with Gasteiger partial charge in [0.25, 0.3) is 5.91 Å². The van der Waals surface area contributed by atoms with Gasteiger partial charge in [-0.2, -0.15) is 8.78 Å². The maximum Gasteiger partial charge on any atom is 0.349 e. The number of ether oxygens (including phenoxy) is 1. The average Bonchev–Trinajstić information content (AvgIpc) is 2.62. The van der Waals surface area contributed by atoms with E-state index in [0.717, 1.165) is 24.8 Å². The lowest BCUT2D eigenvalue weighted by Crippen LogP contribution is -2.48. The summed E-state index contributed by atoms with van der Waals surface area (Å²) in [5.74, 6) is -6.07. The zero-order valence-electron chi connectivity index (χ0n) is 13.0. The van der Waals surface area contributed by atoms with Crippen molar-refractivity contribution in [3.8, 4) is 0 Å². The molecule has 24 heavy (non-hydrogen) atoms. The maximum atomic E-state index is 14.3. The summed E-state index contributed by atoms with van der Waals surface area (Å²) >= 11 is 0. The second-order valence-corrected chi connectivity index (χ2v) is 5.18. The zero-order chi connectivity index (χ0) is 17.6. The van der Waals surface area contributed by atoms with Gasteiger partial charge in [-0.15, -0.1) is 0 Å². The van der Waals surface area contributed by atoms with Crippen LogP contribution in [0.4, 0.5) is 8.78 Å². The molecule has 4 nitrogen and oxygen atoms in total. The van der Waals surface area contributed by atoms with Gasteiger partial charge >= 0.3 is 11.9 Å². The molecule has 0 radical (unpaired) electrons. The molecule has 1 atom stereocenters. The van der Waals surface area contributed by atoms with Crippen molar-refractivity contribution in [2.75, 3.05) is 7.11 Å². The molecule has 6 heteroatoms. The monoisotopic (exact) mass is 333 g/mol. The van der Waals surface area contributed by atoms with Crippen molar-refractivity contribution < 1.29 is 23.1 Å². The van der Waals surface area contributed by atoms with E-state index in [1.165, 1.54) is 12.1 Å². The van der Waals surface area contributed by atoms with Gasteiger partial charge in [0.2, 0.25) is 0 Å². The standard InChI is InChI=1S/C18H17F2NO3/c1-24-16(22)15(12-13-8-4-2-5-9-13)21-17(23)18(19,20)14-10-6-3-7-11-14/h2-11,15H,12H2,1H3,(H,21,23)/t15-/m0/s1. The number of esters is 1. The third kappa shape index (κ3) is 4.16. The highest BCUT2D eigenvalue weighted by Gasteiger charge is 2.42. The normalized spacial score (nSPS) is 12.3. The average molecular weight is 333 g/mol. The van der Waals surface area contributed by atoms with E-state index >= 15 is 0 Å². The Bertz CT molecular complexity index is 690. The van der Waals surface area contributed by atoms with Crippen LogP contribution in [-0.2, 0) is 26.7 Å². The van der Waals surface area contributed by atoms with Crippen LogP contribution in [0, 0.1) is 0 Å². The minimum atomic E-state index is -3.75. The molecule has 1 N–H and O–H groups in total. The van der Waals surface area contributed by atoms with E-state index in [2.05, 4.69) is 10.1 Å². The van der Waals surface area contributed by atoms with Gasteiger partial charge in [0, 0.05) is 12.0 Å². The fourth-order valence-electron chi connectivity index (χ4n) is 2.21. The number of methoxy groups -OCH3 is 1. The summed E-state index contributed by atoms with van der Waals surface area (Å²) in [4.78, 5) is 23.9. The molecule has 0 unspecified atom stereocenters. The van der Waals surface area contributed by atoms with Gasteiger partial charge in [-0.05, 0) is 5.56 Å². The van der Waals surface area contributed by atoms with Crippen LogP contribution in [-0.4, -0.2) is 25.0 Å². The molecule has 126 valence electrons. The third-order valence-electron chi connectivity index (χ3n) is 3.50. The molecule has 2 rings (SSSR count). The molecule has 0 aromatic heterocycles. The molecule has 1 amide bonds. The van der Waals surface area contributed by atoms with E-state index in [0.29, 0.717) is 0 Å². The van der Waals surface area contributed by atoms with Crippen LogP contribution in [0.5, 0.6) is 0 Å². The van der Waals surface area contributed by atoms with E-state index in [9.17, 15) is 18.4 Å².